The zero-order valence-corrected chi connectivity index (χ0v) is 19.2. The minimum absolute atomic E-state index is 0.0949. The van der Waals surface area contributed by atoms with E-state index in [2.05, 4.69) is 10.2 Å². The number of carbonyl (C=O) groups excluding carboxylic acids is 1. The molecule has 31 heavy (non-hydrogen) atoms. The van der Waals surface area contributed by atoms with Gasteiger partial charge in [0.05, 0.1) is 17.9 Å². The number of methoxy groups -OCH3 is 1. The molecule has 0 spiro atoms. The summed E-state index contributed by atoms with van der Waals surface area (Å²) in [6, 6.07) is 7.89. The molecule has 1 aliphatic rings. The molecule has 2 aromatic carbocycles. The van der Waals surface area contributed by atoms with Crippen molar-refractivity contribution in [2.75, 3.05) is 26.0 Å². The van der Waals surface area contributed by atoms with Gasteiger partial charge < -0.3 is 15.8 Å². The van der Waals surface area contributed by atoms with Gasteiger partial charge in [-0.3, -0.25) is 13.9 Å². The maximum Gasteiger partial charge on any atom is 0.251 e. The molecule has 0 saturated carbocycles. The molecule has 2 unspecified atom stereocenters. The lowest BCUT2D eigenvalue weighted by Crippen LogP contribution is -2.27. The number of carbonyl (C=O) groups is 1. The highest BCUT2D eigenvalue weighted by molar-refractivity contribution is 7.85. The minimum atomic E-state index is -1.19. The van der Waals surface area contributed by atoms with Crippen LogP contribution in [-0.4, -0.2) is 47.0 Å². The third-order valence-electron chi connectivity index (χ3n) is 5.30. The number of likely N-dealkylation sites (tertiary alicyclic amines) is 1. The van der Waals surface area contributed by atoms with E-state index in [9.17, 15) is 13.4 Å². The van der Waals surface area contributed by atoms with E-state index in [0.29, 0.717) is 45.6 Å². The van der Waals surface area contributed by atoms with Crippen molar-refractivity contribution < 1.29 is 18.1 Å². The summed E-state index contributed by atoms with van der Waals surface area (Å²) in [5.41, 5.74) is 7.15. The van der Waals surface area contributed by atoms with E-state index in [1.165, 1.54) is 19.2 Å². The lowest BCUT2D eigenvalue weighted by atomic mass is 10.1. The summed E-state index contributed by atoms with van der Waals surface area (Å²) in [7, 11) is 0.262. The van der Waals surface area contributed by atoms with Crippen molar-refractivity contribution in [1.29, 1.82) is 0 Å². The van der Waals surface area contributed by atoms with Crippen molar-refractivity contribution in [3.63, 3.8) is 0 Å². The molecule has 0 radical (unpaired) electrons. The zero-order valence-electron chi connectivity index (χ0n) is 17.6. The number of nitrogens with two attached hydrogens (primary N) is 1. The van der Waals surface area contributed by atoms with Crippen LogP contribution < -0.4 is 15.8 Å². The summed E-state index contributed by atoms with van der Waals surface area (Å²) in [4.78, 5) is 15.4. The quantitative estimate of drug-likeness (QED) is 0.623. The number of nitrogens with zero attached hydrogens (tertiary/aromatic N) is 1. The number of nitrogens with one attached hydrogen (secondary N) is 1. The lowest BCUT2D eigenvalue weighted by Gasteiger charge is -2.19. The van der Waals surface area contributed by atoms with Gasteiger partial charge in [0.2, 0.25) is 0 Å². The fraction of sp³-hybridized carbons (Fsp3) is 0.409. The number of amides is 1. The molecular weight excluding hydrogens is 441 g/mol. The maximum absolute atomic E-state index is 14.9. The van der Waals surface area contributed by atoms with Crippen molar-refractivity contribution in [2.45, 2.75) is 37.4 Å². The standard InChI is InChI=1S/C22H27ClFN3O3S/c1-3-31(29)21-5-4-16(23)8-15(21)11-26-22(28)14-9-19(24)18(20(10-14)30-2)13-27-7-6-17(25)12-27/h4-5,8-10,17H,3,6-7,11-13,25H2,1-2H3,(H,26,28). The molecule has 0 bridgehead atoms. The Morgan fingerprint density at radius 3 is 2.81 bits per heavy atom. The molecule has 1 amide bonds. The van der Waals surface area contributed by atoms with E-state index in [-0.39, 0.29) is 18.2 Å². The number of hydrogen-bond donors (Lipinski definition) is 2. The fourth-order valence-electron chi connectivity index (χ4n) is 3.65. The van der Waals surface area contributed by atoms with Crippen LogP contribution in [0.15, 0.2) is 35.2 Å². The van der Waals surface area contributed by atoms with E-state index in [4.69, 9.17) is 22.1 Å². The normalized spacial score (nSPS) is 17.5. The molecule has 3 N–H and O–H groups in total. The highest BCUT2D eigenvalue weighted by Crippen LogP contribution is 2.27. The Hall–Kier alpha value is -2.00. The summed E-state index contributed by atoms with van der Waals surface area (Å²) in [5.74, 6) is -0.184. The third kappa shape index (κ3) is 5.83. The second-order valence-corrected chi connectivity index (χ2v) is 9.64. The molecule has 2 atom stereocenters. The van der Waals surface area contributed by atoms with Gasteiger partial charge >= 0.3 is 0 Å². The summed E-state index contributed by atoms with van der Waals surface area (Å²) in [5, 5.41) is 3.24. The van der Waals surface area contributed by atoms with Crippen LogP contribution in [0.4, 0.5) is 4.39 Å². The highest BCUT2D eigenvalue weighted by atomic mass is 35.5. The molecule has 6 nitrogen and oxygen atoms in total. The first-order chi connectivity index (χ1) is 14.8. The lowest BCUT2D eigenvalue weighted by molar-refractivity contribution is 0.0949. The van der Waals surface area contributed by atoms with Crippen molar-refractivity contribution in [3.8, 4) is 5.75 Å². The van der Waals surface area contributed by atoms with Gasteiger partial charge in [-0.1, -0.05) is 18.5 Å². The van der Waals surface area contributed by atoms with Crippen molar-refractivity contribution >= 4 is 28.3 Å². The zero-order chi connectivity index (χ0) is 22.5. The predicted molar refractivity (Wildman–Crippen MR) is 120 cm³/mol. The topological polar surface area (TPSA) is 84.7 Å². The number of ether oxygens (including phenoxy) is 1. The van der Waals surface area contributed by atoms with Crippen LogP contribution in [0.5, 0.6) is 5.75 Å². The van der Waals surface area contributed by atoms with Crippen LogP contribution in [0.2, 0.25) is 5.02 Å². The van der Waals surface area contributed by atoms with Crippen LogP contribution in [0.25, 0.3) is 0 Å². The van der Waals surface area contributed by atoms with Crippen LogP contribution in [0.3, 0.4) is 0 Å². The fourth-order valence-corrected chi connectivity index (χ4v) is 4.80. The third-order valence-corrected chi connectivity index (χ3v) is 6.94. The van der Waals surface area contributed by atoms with Gasteiger partial charge in [0.25, 0.3) is 5.91 Å². The Morgan fingerprint density at radius 1 is 1.39 bits per heavy atom. The van der Waals surface area contributed by atoms with Crippen LogP contribution in [0.1, 0.15) is 34.8 Å². The second-order valence-electron chi connectivity index (χ2n) is 7.49. The van der Waals surface area contributed by atoms with Crippen molar-refractivity contribution in [1.82, 2.24) is 10.2 Å². The second kappa shape index (κ2) is 10.5. The molecule has 3 rings (SSSR count). The first kappa shape index (κ1) is 23.7. The molecule has 0 aromatic heterocycles. The van der Waals surface area contributed by atoms with Crippen molar-refractivity contribution in [3.05, 3.63) is 57.9 Å². The Bertz CT molecular complexity index is 989. The Balaban J connectivity index is 1.76. The summed E-state index contributed by atoms with van der Waals surface area (Å²) >= 11 is 6.06. The van der Waals surface area contributed by atoms with Gasteiger partial charge in [0.1, 0.15) is 11.6 Å². The van der Waals surface area contributed by atoms with Gasteiger partial charge in [0, 0.05) is 59.0 Å². The molecule has 1 heterocycles. The SMILES string of the molecule is CCS(=O)c1ccc(Cl)cc1CNC(=O)c1cc(F)c(CN2CCC(N)C2)c(OC)c1. The number of halogens is 2. The van der Waals surface area contributed by atoms with E-state index in [1.54, 1.807) is 18.2 Å². The monoisotopic (exact) mass is 467 g/mol. The smallest absolute Gasteiger partial charge is 0.251 e. The molecule has 0 aliphatic carbocycles. The summed E-state index contributed by atoms with van der Waals surface area (Å²) < 4.78 is 32.5. The molecule has 2 aromatic rings. The predicted octanol–water partition coefficient (Wildman–Crippen LogP) is 3.08. The van der Waals surface area contributed by atoms with E-state index in [1.807, 2.05) is 6.92 Å². The Labute approximate surface area is 189 Å². The van der Waals surface area contributed by atoms with Gasteiger partial charge in [0.15, 0.2) is 0 Å². The maximum atomic E-state index is 14.9. The number of benzene rings is 2. The van der Waals surface area contributed by atoms with Gasteiger partial charge in [-0.05, 0) is 42.3 Å². The highest BCUT2D eigenvalue weighted by Gasteiger charge is 2.23. The summed E-state index contributed by atoms with van der Waals surface area (Å²) in [6.07, 6.45) is 0.874. The van der Waals surface area contributed by atoms with Crippen LogP contribution in [0, 0.1) is 5.82 Å². The van der Waals surface area contributed by atoms with Gasteiger partial charge in [-0.2, -0.15) is 0 Å². The molecule has 1 fully saturated rings. The van der Waals surface area contributed by atoms with Crippen LogP contribution in [-0.2, 0) is 23.9 Å². The van der Waals surface area contributed by atoms with Gasteiger partial charge in [-0.25, -0.2) is 4.39 Å². The average molecular weight is 468 g/mol. The number of hydrogen-bond acceptors (Lipinski definition) is 5. The van der Waals surface area contributed by atoms with E-state index in [0.717, 1.165) is 13.0 Å². The molecule has 9 heteroatoms. The molecule has 1 aliphatic heterocycles. The average Bonchev–Trinajstić information content (AvgIpc) is 3.17. The minimum Gasteiger partial charge on any atom is -0.496 e. The molecular formula is C22H27ClFN3O3S. The Morgan fingerprint density at radius 2 is 2.16 bits per heavy atom. The first-order valence-electron chi connectivity index (χ1n) is 10.1. The molecule has 168 valence electrons. The van der Waals surface area contributed by atoms with E-state index < -0.39 is 22.5 Å². The largest absolute Gasteiger partial charge is 0.496 e. The Kier molecular flexibility index (Phi) is 8.05. The first-order valence-corrected chi connectivity index (χ1v) is 11.8. The van der Waals surface area contributed by atoms with E-state index >= 15 is 0 Å². The molecule has 1 saturated heterocycles. The summed E-state index contributed by atoms with van der Waals surface area (Å²) in [6.45, 7) is 3.82. The van der Waals surface area contributed by atoms with Crippen LogP contribution >= 0.6 is 11.6 Å². The number of rotatable bonds is 8. The van der Waals surface area contributed by atoms with Crippen molar-refractivity contribution in [2.24, 2.45) is 5.73 Å². The van der Waals surface area contributed by atoms with Gasteiger partial charge in [-0.15, -0.1) is 0 Å².